The van der Waals surface area contributed by atoms with Gasteiger partial charge >= 0.3 is 0 Å². The molecule has 2 aromatic carbocycles. The van der Waals surface area contributed by atoms with Gasteiger partial charge in [0.1, 0.15) is 11.8 Å². The number of benzene rings is 2. The summed E-state index contributed by atoms with van der Waals surface area (Å²) in [5.41, 5.74) is 2.67. The fraction of sp³-hybridized carbons (Fsp3) is 0.0909. The molecule has 156 valence electrons. The second-order valence-electron chi connectivity index (χ2n) is 6.94. The molecule has 0 aliphatic carbocycles. The molecular weight excluding hydrogens is 435 g/mol. The van der Waals surface area contributed by atoms with Crippen LogP contribution in [-0.2, 0) is 0 Å². The summed E-state index contributed by atoms with van der Waals surface area (Å²) in [7, 11) is 0. The minimum atomic E-state index is -0.248. The minimum Gasteiger partial charge on any atom is -0.360 e. The van der Waals surface area contributed by atoms with E-state index in [1.54, 1.807) is 17.0 Å². The highest BCUT2D eigenvalue weighted by Crippen LogP contribution is 2.27. The second kappa shape index (κ2) is 8.37. The molecule has 0 radical (unpaired) electrons. The molecule has 0 aliphatic rings. The van der Waals surface area contributed by atoms with Crippen LogP contribution in [0.5, 0.6) is 0 Å². The average Bonchev–Trinajstić information content (AvgIpc) is 3.24. The Labute approximate surface area is 188 Å². The van der Waals surface area contributed by atoms with E-state index in [-0.39, 0.29) is 24.0 Å². The zero-order chi connectivity index (χ0) is 20.7. The Morgan fingerprint density at radius 1 is 1.06 bits per heavy atom. The molecule has 0 amide bonds. The molecule has 3 heterocycles. The number of aromatic nitrogens is 5. The number of halogens is 2. The summed E-state index contributed by atoms with van der Waals surface area (Å²) in [5, 5.41) is 5.11. The summed E-state index contributed by atoms with van der Waals surface area (Å²) in [6.07, 6.45) is 3.04. The van der Waals surface area contributed by atoms with E-state index >= 15 is 0 Å². The molecule has 5 rings (SSSR count). The van der Waals surface area contributed by atoms with Crippen LogP contribution in [0.15, 0.2) is 72.0 Å². The largest absolute Gasteiger partial charge is 0.360 e. The van der Waals surface area contributed by atoms with E-state index in [1.807, 2.05) is 55.5 Å². The Hall–Kier alpha value is -3.42. The van der Waals surface area contributed by atoms with Gasteiger partial charge in [-0.25, -0.2) is 15.0 Å². The molecule has 0 spiro atoms. The summed E-state index contributed by atoms with van der Waals surface area (Å²) < 4.78 is 1.69. The number of H-pyrrole nitrogens is 1. The van der Waals surface area contributed by atoms with Gasteiger partial charge in [0, 0.05) is 11.4 Å². The lowest BCUT2D eigenvalue weighted by molar-refractivity contribution is 0.774. The lowest BCUT2D eigenvalue weighted by Gasteiger charge is -2.21. The van der Waals surface area contributed by atoms with Crippen LogP contribution in [0.4, 0.5) is 5.82 Å². The van der Waals surface area contributed by atoms with Gasteiger partial charge in [-0.1, -0.05) is 41.9 Å². The van der Waals surface area contributed by atoms with E-state index < -0.39 is 0 Å². The first kappa shape index (κ1) is 20.8. The van der Waals surface area contributed by atoms with Crippen molar-refractivity contribution >= 4 is 51.8 Å². The van der Waals surface area contributed by atoms with Crippen LogP contribution in [0.2, 0.25) is 5.02 Å². The fourth-order valence-electron chi connectivity index (χ4n) is 3.66. The third-order valence-electron chi connectivity index (χ3n) is 5.06. The molecule has 5 aromatic rings. The third-order valence-corrected chi connectivity index (χ3v) is 5.37. The van der Waals surface area contributed by atoms with Crippen molar-refractivity contribution < 1.29 is 0 Å². The van der Waals surface area contributed by atoms with Gasteiger partial charge in [-0.3, -0.25) is 9.36 Å². The third kappa shape index (κ3) is 3.62. The number of nitrogens with one attached hydrogen (secondary N) is 2. The molecule has 1 atom stereocenters. The van der Waals surface area contributed by atoms with Gasteiger partial charge in [0.05, 0.1) is 22.8 Å². The van der Waals surface area contributed by atoms with Crippen LogP contribution >= 0.6 is 24.0 Å². The van der Waals surface area contributed by atoms with Crippen molar-refractivity contribution in [2.75, 3.05) is 5.32 Å². The van der Waals surface area contributed by atoms with Gasteiger partial charge < -0.3 is 10.3 Å². The highest BCUT2D eigenvalue weighted by Gasteiger charge is 2.19. The minimum absolute atomic E-state index is 0. The monoisotopic (exact) mass is 452 g/mol. The van der Waals surface area contributed by atoms with E-state index in [2.05, 4.69) is 25.3 Å². The smallest absolute Gasteiger partial charge is 0.264 e. The van der Waals surface area contributed by atoms with E-state index in [9.17, 15) is 4.79 Å². The second-order valence-corrected chi connectivity index (χ2v) is 7.35. The van der Waals surface area contributed by atoms with E-state index in [1.165, 1.54) is 6.33 Å². The number of nitrogens with zero attached hydrogens (tertiary/aromatic N) is 4. The lowest BCUT2D eigenvalue weighted by atomic mass is 10.1. The van der Waals surface area contributed by atoms with E-state index in [4.69, 9.17) is 11.6 Å². The van der Waals surface area contributed by atoms with Crippen LogP contribution in [0.1, 0.15) is 18.7 Å². The first-order valence-electron chi connectivity index (χ1n) is 9.43. The molecule has 31 heavy (non-hydrogen) atoms. The Kier molecular flexibility index (Phi) is 5.63. The molecule has 9 heteroatoms. The topological polar surface area (TPSA) is 88.5 Å². The van der Waals surface area contributed by atoms with Gasteiger partial charge in [-0.15, -0.1) is 12.4 Å². The lowest BCUT2D eigenvalue weighted by Crippen LogP contribution is -2.25. The first-order chi connectivity index (χ1) is 14.6. The van der Waals surface area contributed by atoms with Crippen molar-refractivity contribution in [2.45, 2.75) is 13.0 Å². The van der Waals surface area contributed by atoms with Gasteiger partial charge in [0.2, 0.25) is 0 Å². The maximum absolute atomic E-state index is 13.5. The number of aromatic amines is 1. The number of pyridine rings is 1. The summed E-state index contributed by atoms with van der Waals surface area (Å²) in [6.45, 7) is 1.98. The van der Waals surface area contributed by atoms with Crippen LogP contribution in [0.25, 0.3) is 27.6 Å². The number of para-hydroxylation sites is 1. The normalized spacial score (nSPS) is 11.9. The van der Waals surface area contributed by atoms with Crippen molar-refractivity contribution in [1.82, 2.24) is 24.5 Å². The Balaban J connectivity index is 0.00000231. The van der Waals surface area contributed by atoms with Gasteiger partial charge in [0.25, 0.3) is 5.56 Å². The number of hydrogen-bond donors (Lipinski definition) is 2. The predicted octanol–water partition coefficient (Wildman–Crippen LogP) is 4.91. The van der Waals surface area contributed by atoms with Crippen molar-refractivity contribution in [2.24, 2.45) is 0 Å². The number of fused-ring (bicyclic) bond motifs is 2. The molecule has 0 saturated carbocycles. The summed E-state index contributed by atoms with van der Waals surface area (Å²) in [4.78, 5) is 29.2. The van der Waals surface area contributed by atoms with Crippen LogP contribution in [0.3, 0.4) is 0 Å². The Morgan fingerprint density at radius 2 is 1.87 bits per heavy atom. The van der Waals surface area contributed by atoms with E-state index in [0.717, 1.165) is 16.8 Å². The van der Waals surface area contributed by atoms with Crippen LogP contribution in [0, 0.1) is 0 Å². The SMILES string of the molecule is CC(Nc1ncnc2nc[nH]c12)c1cc2cccc(Cl)c2c(=O)n1-c1ccccc1.Cl. The number of anilines is 1. The summed E-state index contributed by atoms with van der Waals surface area (Å²) >= 11 is 6.38. The molecule has 0 bridgehead atoms. The summed E-state index contributed by atoms with van der Waals surface area (Å²) in [6, 6.07) is 16.7. The van der Waals surface area contributed by atoms with Gasteiger partial charge in [-0.2, -0.15) is 0 Å². The predicted molar refractivity (Wildman–Crippen MR) is 126 cm³/mol. The number of hydrogen-bond acceptors (Lipinski definition) is 5. The van der Waals surface area contributed by atoms with Crippen LogP contribution in [-0.4, -0.2) is 24.5 Å². The highest BCUT2D eigenvalue weighted by molar-refractivity contribution is 6.35. The fourth-order valence-corrected chi connectivity index (χ4v) is 3.92. The molecule has 3 aromatic heterocycles. The van der Waals surface area contributed by atoms with Crippen LogP contribution < -0.4 is 10.9 Å². The maximum Gasteiger partial charge on any atom is 0.264 e. The Morgan fingerprint density at radius 3 is 2.68 bits per heavy atom. The van der Waals surface area contributed by atoms with Crippen molar-refractivity contribution in [1.29, 1.82) is 0 Å². The molecule has 1 unspecified atom stereocenters. The van der Waals surface area contributed by atoms with Crippen molar-refractivity contribution in [3.63, 3.8) is 0 Å². The molecule has 7 nitrogen and oxygen atoms in total. The number of imidazole rings is 1. The molecule has 0 fully saturated rings. The van der Waals surface area contributed by atoms with Gasteiger partial charge in [-0.05, 0) is 36.6 Å². The van der Waals surface area contributed by atoms with Crippen molar-refractivity contribution in [3.8, 4) is 5.69 Å². The molecular formula is C22H18Cl2N6O. The zero-order valence-electron chi connectivity index (χ0n) is 16.4. The average molecular weight is 453 g/mol. The standard InChI is InChI=1S/C22H17ClN6O.ClH/c1-13(28-21-19-20(25-11-24-19)26-12-27-21)17-10-14-6-5-9-16(23)18(14)22(30)29(17)15-7-3-2-4-8-15;/h2-13H,1H3,(H2,24,25,26,27,28);1H. The zero-order valence-corrected chi connectivity index (χ0v) is 18.0. The molecule has 2 N–H and O–H groups in total. The quantitative estimate of drug-likeness (QED) is 0.404. The molecule has 0 aliphatic heterocycles. The van der Waals surface area contributed by atoms with Crippen molar-refractivity contribution in [3.05, 3.63) is 88.3 Å². The maximum atomic E-state index is 13.5. The number of rotatable bonds is 4. The Bertz CT molecular complexity index is 1430. The first-order valence-corrected chi connectivity index (χ1v) is 9.81. The highest BCUT2D eigenvalue weighted by atomic mass is 35.5. The summed E-state index contributed by atoms with van der Waals surface area (Å²) in [5.74, 6) is 0.614. The van der Waals surface area contributed by atoms with Gasteiger partial charge in [0.15, 0.2) is 11.5 Å². The molecule has 0 saturated heterocycles. The van der Waals surface area contributed by atoms with E-state index in [0.29, 0.717) is 27.4 Å².